The van der Waals surface area contributed by atoms with Crippen LogP contribution in [0.15, 0.2) is 17.0 Å². The highest BCUT2D eigenvalue weighted by molar-refractivity contribution is 8.00. The lowest BCUT2D eigenvalue weighted by atomic mass is 10.1. The summed E-state index contributed by atoms with van der Waals surface area (Å²) in [6, 6.07) is 2.80. The molecule has 118 valence electrons. The first-order valence-electron chi connectivity index (χ1n) is 7.01. The number of thioether (sulfide) groups is 1. The second kappa shape index (κ2) is 6.64. The maximum absolute atomic E-state index is 13.9. The third-order valence-corrected chi connectivity index (χ3v) is 7.13. The Bertz CT molecular complexity index is 620. The quantitative estimate of drug-likeness (QED) is 0.917. The first kappa shape index (κ1) is 16.7. The number of hydrogen-bond acceptors (Lipinski definition) is 4. The molecule has 4 nitrogen and oxygen atoms in total. The average molecular weight is 332 g/mol. The van der Waals surface area contributed by atoms with Crippen LogP contribution in [0.3, 0.4) is 0 Å². The van der Waals surface area contributed by atoms with Crippen molar-refractivity contribution in [2.75, 3.05) is 18.8 Å². The van der Waals surface area contributed by atoms with Crippen molar-refractivity contribution in [1.82, 2.24) is 4.31 Å². The maximum atomic E-state index is 13.9. The Kier molecular flexibility index (Phi) is 5.29. The van der Waals surface area contributed by atoms with E-state index in [9.17, 15) is 12.8 Å². The van der Waals surface area contributed by atoms with Crippen LogP contribution in [0.2, 0.25) is 0 Å². The van der Waals surface area contributed by atoms with E-state index in [0.717, 1.165) is 12.2 Å². The van der Waals surface area contributed by atoms with Gasteiger partial charge in [0, 0.05) is 36.2 Å². The Morgan fingerprint density at radius 2 is 2.19 bits per heavy atom. The first-order chi connectivity index (χ1) is 9.90. The number of halogens is 1. The zero-order valence-corrected chi connectivity index (χ0v) is 13.9. The lowest BCUT2D eigenvalue weighted by Crippen LogP contribution is -2.42. The summed E-state index contributed by atoms with van der Waals surface area (Å²) >= 11 is 1.79. The molecular weight excluding hydrogens is 311 g/mol. The van der Waals surface area contributed by atoms with Crippen LogP contribution < -0.4 is 5.73 Å². The minimum atomic E-state index is -3.67. The second-order valence-corrected chi connectivity index (χ2v) is 8.48. The van der Waals surface area contributed by atoms with Gasteiger partial charge in [0.1, 0.15) is 5.82 Å². The van der Waals surface area contributed by atoms with Gasteiger partial charge in [0.25, 0.3) is 0 Å². The van der Waals surface area contributed by atoms with Gasteiger partial charge in [0.15, 0.2) is 0 Å². The van der Waals surface area contributed by atoms with E-state index < -0.39 is 15.8 Å². The zero-order chi connectivity index (χ0) is 15.6. The Labute approximate surface area is 129 Å². The number of benzene rings is 1. The molecule has 2 rings (SSSR count). The standard InChI is InChI=1S/C14H21FN2O2S2/c1-3-12-9-17(4-5-20-12)21(18,19)14-7-11(8-16)6-13(15)10(14)2/h6-7,12H,3-5,8-9,16H2,1-2H3. The summed E-state index contributed by atoms with van der Waals surface area (Å²) in [4.78, 5) is 0.0460. The molecule has 0 aromatic heterocycles. The van der Waals surface area contributed by atoms with Crippen LogP contribution in [0.5, 0.6) is 0 Å². The summed E-state index contributed by atoms with van der Waals surface area (Å²) in [5, 5.41) is 0.302. The summed E-state index contributed by atoms with van der Waals surface area (Å²) in [5.74, 6) is 0.255. The van der Waals surface area contributed by atoms with E-state index in [0.29, 0.717) is 23.9 Å². The van der Waals surface area contributed by atoms with E-state index in [1.165, 1.54) is 23.4 Å². The van der Waals surface area contributed by atoms with Crippen LogP contribution in [-0.4, -0.2) is 36.8 Å². The number of rotatable bonds is 4. The van der Waals surface area contributed by atoms with Gasteiger partial charge in [-0.15, -0.1) is 0 Å². The van der Waals surface area contributed by atoms with Gasteiger partial charge in [-0.05, 0) is 31.0 Å². The van der Waals surface area contributed by atoms with Crippen LogP contribution in [0.25, 0.3) is 0 Å². The van der Waals surface area contributed by atoms with Crippen LogP contribution in [0, 0.1) is 12.7 Å². The van der Waals surface area contributed by atoms with Crippen LogP contribution in [0.1, 0.15) is 24.5 Å². The molecule has 0 saturated carbocycles. The predicted octanol–water partition coefficient (Wildman–Crippen LogP) is 2.11. The van der Waals surface area contributed by atoms with Crippen molar-refractivity contribution in [2.24, 2.45) is 5.73 Å². The zero-order valence-electron chi connectivity index (χ0n) is 12.3. The molecule has 0 radical (unpaired) electrons. The van der Waals surface area contributed by atoms with E-state index in [1.54, 1.807) is 11.8 Å². The van der Waals surface area contributed by atoms with Crippen molar-refractivity contribution < 1.29 is 12.8 Å². The Morgan fingerprint density at radius 1 is 1.48 bits per heavy atom. The SMILES string of the molecule is CCC1CN(S(=O)(=O)c2cc(CN)cc(F)c2C)CCS1. The molecule has 1 fully saturated rings. The molecule has 1 aliphatic heterocycles. The number of nitrogens with zero attached hydrogens (tertiary/aromatic N) is 1. The molecule has 1 saturated heterocycles. The highest BCUT2D eigenvalue weighted by Gasteiger charge is 2.31. The van der Waals surface area contributed by atoms with Crippen molar-refractivity contribution in [2.45, 2.75) is 37.0 Å². The minimum absolute atomic E-state index is 0.0460. The van der Waals surface area contributed by atoms with Crippen molar-refractivity contribution in [3.63, 3.8) is 0 Å². The van der Waals surface area contributed by atoms with Crippen molar-refractivity contribution in [3.8, 4) is 0 Å². The lowest BCUT2D eigenvalue weighted by molar-refractivity contribution is 0.415. The third-order valence-electron chi connectivity index (χ3n) is 3.77. The Morgan fingerprint density at radius 3 is 2.81 bits per heavy atom. The fourth-order valence-corrected chi connectivity index (χ4v) is 5.55. The van der Waals surface area contributed by atoms with E-state index in [-0.39, 0.29) is 17.0 Å². The smallest absolute Gasteiger partial charge is 0.243 e. The molecule has 1 unspecified atom stereocenters. The fourth-order valence-electron chi connectivity index (χ4n) is 2.39. The van der Waals surface area contributed by atoms with Crippen molar-refractivity contribution in [3.05, 3.63) is 29.1 Å². The molecule has 7 heteroatoms. The van der Waals surface area contributed by atoms with Gasteiger partial charge in [0.05, 0.1) is 4.90 Å². The minimum Gasteiger partial charge on any atom is -0.326 e. The molecule has 1 heterocycles. The average Bonchev–Trinajstić information content (AvgIpc) is 2.49. The number of sulfonamides is 1. The maximum Gasteiger partial charge on any atom is 0.243 e. The lowest BCUT2D eigenvalue weighted by Gasteiger charge is -2.31. The van der Waals surface area contributed by atoms with E-state index >= 15 is 0 Å². The molecule has 0 aliphatic carbocycles. The first-order valence-corrected chi connectivity index (χ1v) is 9.49. The van der Waals surface area contributed by atoms with Gasteiger partial charge in [-0.25, -0.2) is 12.8 Å². The summed E-state index contributed by atoms with van der Waals surface area (Å²) in [7, 11) is -3.67. The van der Waals surface area contributed by atoms with Crippen LogP contribution in [-0.2, 0) is 16.6 Å². The van der Waals surface area contributed by atoms with E-state index in [4.69, 9.17) is 5.73 Å². The number of hydrogen-bond donors (Lipinski definition) is 1. The molecule has 1 atom stereocenters. The van der Waals surface area contributed by atoms with Crippen molar-refractivity contribution >= 4 is 21.8 Å². The summed E-state index contributed by atoms with van der Waals surface area (Å²) in [6.45, 7) is 4.62. The Balaban J connectivity index is 2.41. The van der Waals surface area contributed by atoms with Crippen LogP contribution in [0.4, 0.5) is 4.39 Å². The molecule has 2 N–H and O–H groups in total. The monoisotopic (exact) mass is 332 g/mol. The topological polar surface area (TPSA) is 63.4 Å². The second-order valence-electron chi connectivity index (χ2n) is 5.17. The molecule has 0 bridgehead atoms. The van der Waals surface area contributed by atoms with Gasteiger partial charge < -0.3 is 5.73 Å². The third kappa shape index (κ3) is 3.41. The fraction of sp³-hybridized carbons (Fsp3) is 0.571. The molecule has 1 aliphatic rings. The Hall–Kier alpha value is -0.630. The molecule has 0 spiro atoms. The largest absolute Gasteiger partial charge is 0.326 e. The van der Waals surface area contributed by atoms with E-state index in [1.807, 2.05) is 6.92 Å². The van der Waals surface area contributed by atoms with E-state index in [2.05, 4.69) is 0 Å². The molecule has 1 aromatic rings. The highest BCUT2D eigenvalue weighted by atomic mass is 32.2. The summed E-state index contributed by atoms with van der Waals surface area (Å²) in [6.07, 6.45) is 0.923. The molecule has 21 heavy (non-hydrogen) atoms. The van der Waals surface area contributed by atoms with Gasteiger partial charge >= 0.3 is 0 Å². The van der Waals surface area contributed by atoms with Crippen molar-refractivity contribution in [1.29, 1.82) is 0 Å². The summed E-state index contributed by atoms with van der Waals surface area (Å²) < 4.78 is 41.0. The molecular formula is C14H21FN2O2S2. The molecule has 1 aromatic carbocycles. The van der Waals surface area contributed by atoms with Gasteiger partial charge in [0.2, 0.25) is 10.0 Å². The predicted molar refractivity (Wildman–Crippen MR) is 84.3 cm³/mol. The van der Waals surface area contributed by atoms with Gasteiger partial charge in [-0.1, -0.05) is 6.92 Å². The van der Waals surface area contributed by atoms with Gasteiger partial charge in [-0.2, -0.15) is 16.1 Å². The number of nitrogens with two attached hydrogens (primary N) is 1. The normalized spacial score (nSPS) is 20.7. The molecule has 0 amide bonds. The summed E-state index contributed by atoms with van der Waals surface area (Å²) in [5.41, 5.74) is 6.19. The van der Waals surface area contributed by atoms with Gasteiger partial charge in [-0.3, -0.25) is 0 Å². The van der Waals surface area contributed by atoms with Crippen LogP contribution >= 0.6 is 11.8 Å². The highest BCUT2D eigenvalue weighted by Crippen LogP contribution is 2.29.